The van der Waals surface area contributed by atoms with E-state index >= 15 is 0 Å². The second-order valence-electron chi connectivity index (χ2n) is 5.79. The van der Waals surface area contributed by atoms with Gasteiger partial charge in [0.25, 0.3) is 0 Å². The van der Waals surface area contributed by atoms with Gasteiger partial charge in [-0.2, -0.15) is 5.10 Å². The lowest BCUT2D eigenvalue weighted by Crippen LogP contribution is -2.64. The van der Waals surface area contributed by atoms with Gasteiger partial charge in [0.15, 0.2) is 5.82 Å². The molecule has 1 saturated heterocycles. The predicted octanol–water partition coefficient (Wildman–Crippen LogP) is 1.60. The number of pyridine rings is 1. The fourth-order valence-corrected chi connectivity index (χ4v) is 2.80. The van der Waals surface area contributed by atoms with E-state index in [0.717, 1.165) is 23.1 Å². The van der Waals surface area contributed by atoms with E-state index in [2.05, 4.69) is 23.9 Å². The van der Waals surface area contributed by atoms with Crippen LogP contribution < -0.4 is 4.90 Å². The molecule has 1 aliphatic heterocycles. The van der Waals surface area contributed by atoms with Crippen LogP contribution in [0.5, 0.6) is 0 Å². The van der Waals surface area contributed by atoms with Gasteiger partial charge in [-0.1, -0.05) is 18.5 Å². The van der Waals surface area contributed by atoms with Crippen LogP contribution in [0.4, 0.5) is 5.82 Å². The number of hydrogen-bond donors (Lipinski definition) is 2. The highest BCUT2D eigenvalue weighted by Gasteiger charge is 2.42. The minimum Gasteiger partial charge on any atom is -0.393 e. The zero-order valence-corrected chi connectivity index (χ0v) is 12.9. The van der Waals surface area contributed by atoms with Crippen LogP contribution in [0.15, 0.2) is 12.3 Å². The summed E-state index contributed by atoms with van der Waals surface area (Å²) in [5.41, 5.74) is -0.0782. The van der Waals surface area contributed by atoms with Gasteiger partial charge in [0.05, 0.1) is 30.6 Å². The minimum absolute atomic E-state index is 0.239. The van der Waals surface area contributed by atoms with E-state index in [-0.39, 0.29) is 12.6 Å². The molecule has 2 N–H and O–H groups in total. The predicted molar refractivity (Wildman–Crippen MR) is 81.8 cm³/mol. The lowest BCUT2D eigenvalue weighted by molar-refractivity contribution is -0.0362. The van der Waals surface area contributed by atoms with Crippen LogP contribution in [0.25, 0.3) is 10.9 Å². The normalized spacial score (nSPS) is 18.8. The smallest absolute Gasteiger partial charge is 0.160 e. The van der Waals surface area contributed by atoms with Crippen LogP contribution in [-0.2, 0) is 0 Å². The first-order valence-corrected chi connectivity index (χ1v) is 7.47. The zero-order chi connectivity index (χ0) is 15.2. The van der Waals surface area contributed by atoms with Gasteiger partial charge >= 0.3 is 0 Å². The number of aromatic nitrogens is 3. The lowest BCUT2D eigenvalue weighted by atomic mass is 9.95. The molecule has 2 aromatic rings. The van der Waals surface area contributed by atoms with Crippen LogP contribution in [0.1, 0.15) is 26.3 Å². The molecule has 7 heteroatoms. The van der Waals surface area contributed by atoms with Crippen molar-refractivity contribution in [3.05, 3.63) is 17.4 Å². The summed E-state index contributed by atoms with van der Waals surface area (Å²) in [6, 6.07) is 2.06. The maximum atomic E-state index is 9.97. The third-order valence-electron chi connectivity index (χ3n) is 4.11. The molecule has 2 aromatic heterocycles. The van der Waals surface area contributed by atoms with Gasteiger partial charge in [-0.15, -0.1) is 0 Å². The Labute approximate surface area is 128 Å². The number of fused-ring (bicyclic) bond motifs is 1. The standard InChI is InChI=1S/C14H19ClN4O2/c1-3-9(2)19-11-4-12(15)16-5-10(11)13(17-19)18-6-14(21,7-18)8-20/h4-5,9,20-21H,3,6-8H2,1-2H3. The Morgan fingerprint density at radius 2 is 2.19 bits per heavy atom. The first-order valence-electron chi connectivity index (χ1n) is 7.09. The topological polar surface area (TPSA) is 74.4 Å². The summed E-state index contributed by atoms with van der Waals surface area (Å²) in [6.45, 7) is 4.72. The van der Waals surface area contributed by atoms with E-state index in [9.17, 15) is 5.11 Å². The van der Waals surface area contributed by atoms with Gasteiger partial charge in [-0.05, 0) is 13.3 Å². The molecule has 6 nitrogen and oxygen atoms in total. The molecule has 1 unspecified atom stereocenters. The molecular weight excluding hydrogens is 292 g/mol. The van der Waals surface area contributed by atoms with Crippen molar-refractivity contribution in [2.24, 2.45) is 0 Å². The molecule has 114 valence electrons. The number of halogens is 1. The van der Waals surface area contributed by atoms with E-state index in [1.54, 1.807) is 6.20 Å². The second kappa shape index (κ2) is 5.12. The largest absolute Gasteiger partial charge is 0.393 e. The Bertz CT molecular complexity index is 666. The molecule has 1 fully saturated rings. The fraction of sp³-hybridized carbons (Fsp3) is 0.571. The van der Waals surface area contributed by atoms with Crippen molar-refractivity contribution in [1.82, 2.24) is 14.8 Å². The summed E-state index contributed by atoms with van der Waals surface area (Å²) in [5, 5.41) is 25.2. The molecule has 0 saturated carbocycles. The quantitative estimate of drug-likeness (QED) is 0.839. The molecule has 3 heterocycles. The summed E-state index contributed by atoms with van der Waals surface area (Å²) in [5.74, 6) is 0.785. The summed E-state index contributed by atoms with van der Waals surface area (Å²) in [6.07, 6.45) is 2.67. The zero-order valence-electron chi connectivity index (χ0n) is 12.1. The first kappa shape index (κ1) is 14.6. The molecule has 1 atom stereocenters. The average Bonchev–Trinajstić information content (AvgIpc) is 2.81. The van der Waals surface area contributed by atoms with Crippen LogP contribution in [-0.4, -0.2) is 50.3 Å². The number of aliphatic hydroxyl groups excluding tert-OH is 1. The minimum atomic E-state index is -1.02. The van der Waals surface area contributed by atoms with E-state index in [0.29, 0.717) is 18.2 Å². The molecule has 0 bridgehead atoms. The summed E-state index contributed by atoms with van der Waals surface area (Å²) >= 11 is 6.00. The number of nitrogens with zero attached hydrogens (tertiary/aromatic N) is 4. The molecule has 0 amide bonds. The van der Waals surface area contributed by atoms with Crippen molar-refractivity contribution < 1.29 is 10.2 Å². The molecular formula is C14H19ClN4O2. The van der Waals surface area contributed by atoms with Crippen molar-refractivity contribution in [2.45, 2.75) is 31.9 Å². The molecule has 1 aliphatic rings. The second-order valence-corrected chi connectivity index (χ2v) is 6.18. The first-order chi connectivity index (χ1) is 9.97. The van der Waals surface area contributed by atoms with Crippen molar-refractivity contribution >= 4 is 28.3 Å². The van der Waals surface area contributed by atoms with E-state index in [1.807, 2.05) is 15.6 Å². The molecule has 3 rings (SSSR count). The van der Waals surface area contributed by atoms with Gasteiger partial charge in [0, 0.05) is 18.3 Å². The maximum absolute atomic E-state index is 9.97. The van der Waals surface area contributed by atoms with Crippen LogP contribution in [0, 0.1) is 0 Å². The van der Waals surface area contributed by atoms with Crippen molar-refractivity contribution in [3.8, 4) is 0 Å². The summed E-state index contributed by atoms with van der Waals surface area (Å²) in [4.78, 5) is 6.09. The van der Waals surface area contributed by atoms with Gasteiger partial charge < -0.3 is 15.1 Å². The Hall–Kier alpha value is -1.37. The third kappa shape index (κ3) is 2.37. The highest BCUT2D eigenvalue weighted by molar-refractivity contribution is 6.30. The van der Waals surface area contributed by atoms with Gasteiger partial charge in [0.1, 0.15) is 10.8 Å². The Morgan fingerprint density at radius 3 is 2.81 bits per heavy atom. The molecule has 21 heavy (non-hydrogen) atoms. The molecule has 0 aromatic carbocycles. The molecule has 0 aliphatic carbocycles. The van der Waals surface area contributed by atoms with Crippen LogP contribution in [0.3, 0.4) is 0 Å². The monoisotopic (exact) mass is 310 g/mol. The average molecular weight is 311 g/mol. The van der Waals surface area contributed by atoms with Gasteiger partial charge in [-0.3, -0.25) is 4.68 Å². The number of hydrogen-bond acceptors (Lipinski definition) is 5. The lowest BCUT2D eigenvalue weighted by Gasteiger charge is -2.45. The summed E-state index contributed by atoms with van der Waals surface area (Å²) < 4.78 is 1.95. The highest BCUT2D eigenvalue weighted by Crippen LogP contribution is 2.34. The SMILES string of the molecule is CCC(C)n1nc(N2CC(O)(CO)C2)c2cnc(Cl)cc21. The van der Waals surface area contributed by atoms with Crippen LogP contribution in [0.2, 0.25) is 5.15 Å². The van der Waals surface area contributed by atoms with Gasteiger partial charge in [-0.25, -0.2) is 4.98 Å². The summed E-state index contributed by atoms with van der Waals surface area (Å²) in [7, 11) is 0. The van der Waals surface area contributed by atoms with E-state index < -0.39 is 5.60 Å². The molecule has 0 radical (unpaired) electrons. The van der Waals surface area contributed by atoms with Crippen molar-refractivity contribution in [1.29, 1.82) is 0 Å². The Morgan fingerprint density at radius 1 is 1.48 bits per heavy atom. The highest BCUT2D eigenvalue weighted by atomic mass is 35.5. The van der Waals surface area contributed by atoms with E-state index in [1.165, 1.54) is 0 Å². The number of aliphatic hydroxyl groups is 2. The number of rotatable bonds is 4. The van der Waals surface area contributed by atoms with E-state index in [4.69, 9.17) is 16.7 Å². The Kier molecular flexibility index (Phi) is 3.55. The molecule has 0 spiro atoms. The maximum Gasteiger partial charge on any atom is 0.160 e. The Balaban J connectivity index is 2.04. The number of anilines is 1. The number of β-amino-alcohol motifs (C(OH)–C–C–N with tert-alkyl or cyclic N) is 1. The third-order valence-corrected chi connectivity index (χ3v) is 4.32. The van der Waals surface area contributed by atoms with Crippen LogP contribution >= 0.6 is 11.6 Å². The van der Waals surface area contributed by atoms with Crippen molar-refractivity contribution in [3.63, 3.8) is 0 Å². The van der Waals surface area contributed by atoms with Crippen molar-refractivity contribution in [2.75, 3.05) is 24.6 Å². The van der Waals surface area contributed by atoms with Gasteiger partial charge in [0.2, 0.25) is 0 Å². The fourth-order valence-electron chi connectivity index (χ4n) is 2.65.